The molecule has 3 heterocycles. The highest BCUT2D eigenvalue weighted by Gasteiger charge is 2.47. The molecule has 0 aliphatic carbocycles. The number of carboxylic acids is 1. The number of hydrogen-bond donors (Lipinski definition) is 4. The van der Waals surface area contributed by atoms with E-state index in [0.717, 1.165) is 36.0 Å². The molecule has 11 heteroatoms. The van der Waals surface area contributed by atoms with E-state index in [-0.39, 0.29) is 17.4 Å². The molecule has 0 aromatic heterocycles. The van der Waals surface area contributed by atoms with Gasteiger partial charge < -0.3 is 36.2 Å². The summed E-state index contributed by atoms with van der Waals surface area (Å²) >= 11 is 0. The van der Waals surface area contributed by atoms with Crippen LogP contribution in [0.2, 0.25) is 0 Å². The van der Waals surface area contributed by atoms with Crippen molar-refractivity contribution in [3.63, 3.8) is 0 Å². The Morgan fingerprint density at radius 3 is 1.62 bits per heavy atom. The van der Waals surface area contributed by atoms with Crippen molar-refractivity contribution in [2.75, 3.05) is 36.0 Å². The van der Waals surface area contributed by atoms with Crippen LogP contribution in [0.1, 0.15) is 25.7 Å². The average molecular weight is 652 g/mol. The highest BCUT2D eigenvalue weighted by molar-refractivity contribution is 6.07. The lowest BCUT2D eigenvalue weighted by atomic mass is 9.87. The number of benzene rings is 4. The molecule has 3 aliphatic rings. The van der Waals surface area contributed by atoms with E-state index in [1.54, 1.807) is 0 Å². The standard InChI is InChI=1S/C19H19N3O2.C18H20N2O3.H2O/c23-17-19(21-18(24)20-17)10-12-22(13-11-19)16-8-6-15(7-9-16)14-4-2-1-3-5-14;19-18(17(21)22)10-12-20(13-11-18)14-6-8-16(9-7-14)23-15-4-2-1-3-5-15;/h1-9H,10-13H2,(H2,20,21,23,24);1-9H,10-13,19H2,(H,21,22);1H2. The third-order valence-corrected chi connectivity index (χ3v) is 9.23. The van der Waals surface area contributed by atoms with Crippen LogP contribution in [0.5, 0.6) is 11.5 Å². The van der Waals surface area contributed by atoms with Crippen LogP contribution in [0.15, 0.2) is 109 Å². The molecule has 3 saturated heterocycles. The number of ether oxygens (including phenoxy) is 1. The Balaban J connectivity index is 0.000000184. The van der Waals surface area contributed by atoms with Gasteiger partial charge in [0, 0.05) is 37.6 Å². The zero-order chi connectivity index (χ0) is 32.9. The first kappa shape index (κ1) is 34.0. The maximum absolute atomic E-state index is 12.0. The molecular weight excluding hydrogens is 610 g/mol. The Kier molecular flexibility index (Phi) is 10.3. The number of nitrogens with one attached hydrogen (secondary N) is 2. The number of carboxylic acid groups (broad SMARTS) is 1. The summed E-state index contributed by atoms with van der Waals surface area (Å²) in [7, 11) is 0. The van der Waals surface area contributed by atoms with E-state index < -0.39 is 17.0 Å². The van der Waals surface area contributed by atoms with Gasteiger partial charge in [0.25, 0.3) is 5.91 Å². The molecule has 48 heavy (non-hydrogen) atoms. The number of para-hydroxylation sites is 1. The van der Waals surface area contributed by atoms with E-state index in [4.69, 9.17) is 10.5 Å². The number of amides is 3. The molecule has 250 valence electrons. The van der Waals surface area contributed by atoms with Gasteiger partial charge in [0.1, 0.15) is 22.6 Å². The van der Waals surface area contributed by atoms with Crippen molar-refractivity contribution in [1.29, 1.82) is 0 Å². The van der Waals surface area contributed by atoms with E-state index in [2.05, 4.69) is 56.8 Å². The summed E-state index contributed by atoms with van der Waals surface area (Å²) in [4.78, 5) is 39.0. The number of anilines is 2. The van der Waals surface area contributed by atoms with E-state index in [9.17, 15) is 19.5 Å². The molecule has 7 N–H and O–H groups in total. The van der Waals surface area contributed by atoms with E-state index in [1.165, 1.54) is 11.1 Å². The highest BCUT2D eigenvalue weighted by atomic mass is 16.5. The molecule has 7 rings (SSSR count). The number of aliphatic carboxylic acids is 1. The van der Waals surface area contributed by atoms with Crippen molar-refractivity contribution in [3.8, 4) is 22.6 Å². The Morgan fingerprint density at radius 1 is 0.667 bits per heavy atom. The number of urea groups is 1. The molecular formula is C37H41N5O6. The molecule has 11 nitrogen and oxygen atoms in total. The highest BCUT2D eigenvalue weighted by Crippen LogP contribution is 2.31. The van der Waals surface area contributed by atoms with Gasteiger partial charge in [-0.15, -0.1) is 0 Å². The minimum atomic E-state index is -1.09. The first-order chi connectivity index (χ1) is 22.7. The first-order valence-electron chi connectivity index (χ1n) is 15.9. The molecule has 0 atom stereocenters. The number of nitrogens with two attached hydrogens (primary N) is 1. The summed E-state index contributed by atoms with van der Waals surface area (Å²) < 4.78 is 5.77. The molecule has 3 aliphatic heterocycles. The van der Waals surface area contributed by atoms with Gasteiger partial charge in [0.2, 0.25) is 0 Å². The molecule has 0 saturated carbocycles. The maximum atomic E-state index is 12.0. The van der Waals surface area contributed by atoms with Crippen LogP contribution < -0.4 is 30.9 Å². The number of nitrogens with zero attached hydrogens (tertiary/aromatic N) is 2. The second-order valence-electron chi connectivity index (χ2n) is 12.2. The maximum Gasteiger partial charge on any atom is 0.323 e. The molecule has 0 radical (unpaired) electrons. The van der Waals surface area contributed by atoms with Gasteiger partial charge in [-0.3, -0.25) is 14.9 Å². The smallest absolute Gasteiger partial charge is 0.323 e. The van der Waals surface area contributed by atoms with Gasteiger partial charge >= 0.3 is 12.0 Å². The van der Waals surface area contributed by atoms with Crippen molar-refractivity contribution in [2.24, 2.45) is 5.73 Å². The van der Waals surface area contributed by atoms with Crippen LogP contribution in [0.4, 0.5) is 16.2 Å². The summed E-state index contributed by atoms with van der Waals surface area (Å²) in [6.07, 6.45) is 2.16. The van der Waals surface area contributed by atoms with E-state index in [1.807, 2.05) is 72.8 Å². The van der Waals surface area contributed by atoms with Crippen molar-refractivity contribution >= 4 is 29.3 Å². The van der Waals surface area contributed by atoms with Crippen molar-refractivity contribution in [2.45, 2.75) is 36.8 Å². The quantitative estimate of drug-likeness (QED) is 0.220. The summed E-state index contributed by atoms with van der Waals surface area (Å²) in [6, 6.07) is 35.8. The average Bonchev–Trinajstić information content (AvgIpc) is 3.38. The number of carbonyl (C=O) groups excluding carboxylic acids is 2. The Hall–Kier alpha value is -5.39. The Labute approximate surface area is 279 Å². The van der Waals surface area contributed by atoms with Crippen LogP contribution in [0.3, 0.4) is 0 Å². The summed E-state index contributed by atoms with van der Waals surface area (Å²) in [5, 5.41) is 14.3. The Bertz CT molecular complexity index is 1680. The number of piperidine rings is 2. The molecule has 3 amide bonds. The zero-order valence-corrected chi connectivity index (χ0v) is 26.6. The number of carbonyl (C=O) groups is 3. The van der Waals surface area contributed by atoms with Crippen LogP contribution in [0.25, 0.3) is 11.1 Å². The van der Waals surface area contributed by atoms with Crippen LogP contribution >= 0.6 is 0 Å². The largest absolute Gasteiger partial charge is 0.480 e. The molecule has 4 aromatic rings. The third kappa shape index (κ3) is 7.59. The van der Waals surface area contributed by atoms with Gasteiger partial charge in [0.15, 0.2) is 0 Å². The van der Waals surface area contributed by atoms with Gasteiger partial charge in [-0.05, 0) is 85.3 Å². The fourth-order valence-corrected chi connectivity index (χ4v) is 6.25. The molecule has 0 bridgehead atoms. The second-order valence-corrected chi connectivity index (χ2v) is 12.2. The second kappa shape index (κ2) is 14.6. The fraction of sp³-hybridized carbons (Fsp3) is 0.270. The van der Waals surface area contributed by atoms with Gasteiger partial charge in [-0.2, -0.15) is 0 Å². The van der Waals surface area contributed by atoms with Gasteiger partial charge in [-0.1, -0.05) is 60.7 Å². The normalized spacial score (nSPS) is 17.7. The summed E-state index contributed by atoms with van der Waals surface area (Å²) in [5.41, 5.74) is 8.70. The topological polar surface area (TPSA) is 169 Å². The lowest BCUT2D eigenvalue weighted by Crippen LogP contribution is -2.55. The van der Waals surface area contributed by atoms with Crippen LogP contribution in [-0.2, 0) is 9.59 Å². The predicted molar refractivity (Wildman–Crippen MR) is 185 cm³/mol. The summed E-state index contributed by atoms with van der Waals surface area (Å²) in [5.74, 6) is 0.471. The van der Waals surface area contributed by atoms with E-state index in [0.29, 0.717) is 38.8 Å². The molecule has 0 unspecified atom stereocenters. The number of hydrogen-bond acceptors (Lipinski definition) is 7. The monoisotopic (exact) mass is 651 g/mol. The Morgan fingerprint density at radius 2 is 1.12 bits per heavy atom. The minimum Gasteiger partial charge on any atom is -0.480 e. The van der Waals surface area contributed by atoms with Crippen molar-refractivity contribution in [1.82, 2.24) is 10.6 Å². The lowest BCUT2D eigenvalue weighted by Gasteiger charge is -2.38. The van der Waals surface area contributed by atoms with Gasteiger partial charge in [0.05, 0.1) is 0 Å². The molecule has 4 aromatic carbocycles. The predicted octanol–water partition coefficient (Wildman–Crippen LogP) is 4.57. The zero-order valence-electron chi connectivity index (χ0n) is 26.6. The fourth-order valence-electron chi connectivity index (χ4n) is 6.25. The van der Waals surface area contributed by atoms with Gasteiger partial charge in [-0.25, -0.2) is 4.79 Å². The first-order valence-corrected chi connectivity index (χ1v) is 15.9. The number of rotatable bonds is 6. The van der Waals surface area contributed by atoms with Crippen LogP contribution in [-0.4, -0.2) is 65.7 Å². The molecule has 1 spiro atoms. The number of imide groups is 1. The SMILES string of the molecule is NC1(C(=O)O)CCN(c2ccc(Oc3ccccc3)cc2)CC1.O.O=C1NC(=O)C2(CCN(c3ccc(-c4ccccc4)cc3)CC2)N1. The molecule has 3 fully saturated rings. The lowest BCUT2D eigenvalue weighted by molar-refractivity contribution is -0.144. The van der Waals surface area contributed by atoms with Crippen molar-refractivity contribution in [3.05, 3.63) is 109 Å². The van der Waals surface area contributed by atoms with E-state index >= 15 is 0 Å². The minimum absolute atomic E-state index is 0. The summed E-state index contributed by atoms with van der Waals surface area (Å²) in [6.45, 7) is 2.78. The third-order valence-electron chi connectivity index (χ3n) is 9.23. The van der Waals surface area contributed by atoms with Crippen LogP contribution in [0, 0.1) is 0 Å². The van der Waals surface area contributed by atoms with Crippen molar-refractivity contribution < 1.29 is 29.7 Å².